The highest BCUT2D eigenvalue weighted by atomic mass is 31.2. The molecule has 46 nitrogen and oxygen atoms in total. The Bertz CT molecular complexity index is 4200. The Morgan fingerprint density at radius 3 is 1.37 bits per heavy atom. The molecular formula is C79H114N11O35P. The first-order valence-corrected chi connectivity index (χ1v) is 41.8. The summed E-state index contributed by atoms with van der Waals surface area (Å²) in [5, 5.41) is 50.1. The Balaban J connectivity index is 1.32. The molecule has 700 valence electrons. The van der Waals surface area contributed by atoms with E-state index in [0.29, 0.717) is 34.9 Å². The van der Waals surface area contributed by atoms with Crippen LogP contribution in [0.1, 0.15) is 139 Å². The molecule has 0 radical (unpaired) electrons. The fraction of sp³-hybridized carbons (Fsp3) is 0.608. The summed E-state index contributed by atoms with van der Waals surface area (Å²) in [6, 6.07) is 0.468. The summed E-state index contributed by atoms with van der Waals surface area (Å²) < 4.78 is 93.6. The summed E-state index contributed by atoms with van der Waals surface area (Å²) in [4.78, 5) is 223. The highest BCUT2D eigenvalue weighted by molar-refractivity contribution is 7.55. The zero-order chi connectivity index (χ0) is 93.8. The number of anilines is 1. The number of aliphatic hydroxyl groups is 1. The van der Waals surface area contributed by atoms with Crippen LogP contribution in [-0.4, -0.2) is 284 Å². The summed E-state index contributed by atoms with van der Waals surface area (Å²) >= 11 is 0. The van der Waals surface area contributed by atoms with Gasteiger partial charge in [0.2, 0.25) is 41.4 Å². The van der Waals surface area contributed by atoms with Crippen LogP contribution >= 0.6 is 7.75 Å². The van der Waals surface area contributed by atoms with Crippen LogP contribution in [-0.2, 0) is 165 Å². The number of aliphatic carboxylic acids is 2. The van der Waals surface area contributed by atoms with Gasteiger partial charge in [-0.2, -0.15) is 0 Å². The second kappa shape index (κ2) is 51.9. The number of ether oxygens (including phenoxy) is 12. The molecule has 2 aromatic carbocycles. The minimum Gasteiger partial charge on any atom is -0.481 e. The van der Waals surface area contributed by atoms with E-state index in [1.54, 1.807) is 44.3 Å². The fourth-order valence-corrected chi connectivity index (χ4v) is 14.2. The van der Waals surface area contributed by atoms with Gasteiger partial charge in [-0.1, -0.05) is 44.2 Å². The summed E-state index contributed by atoms with van der Waals surface area (Å²) in [6.45, 7) is 10.3. The first kappa shape index (κ1) is 105. The predicted octanol–water partition coefficient (Wildman–Crippen LogP) is -1.03. The number of carboxylic acid groups (broad SMARTS) is 2. The second-order valence-electron chi connectivity index (χ2n) is 29.6. The number of fused-ring (bicyclic) bond motifs is 1. The van der Waals surface area contributed by atoms with E-state index in [4.69, 9.17) is 77.4 Å². The Morgan fingerprint density at radius 2 is 0.905 bits per heavy atom. The highest BCUT2D eigenvalue weighted by Gasteiger charge is 2.55. The molecule has 47 heteroatoms. The Morgan fingerprint density at radius 1 is 0.476 bits per heavy atom. The minimum absolute atomic E-state index is 0.00692. The zero-order valence-corrected chi connectivity index (χ0v) is 72.6. The number of carbonyl (C=O) groups is 17. The SMILES string of the molecule is CC(=O)OC[C@H]1O[C@@H](OCCCOP(=O)(Nc2ccc(C[C@H](N)C(=O)N[C@@H](C)C(=O)N[C@@H](CCC(=O)O)C(=O)N[C@@H](Cc3c[nH]c4ccccc34)C(=O)N[C@@H](C)C(=O)N[C@@H](CO)C(=O)N[C@@H](CCCCN)C(=O)N[C@H](C(=O)O)C(C)C)cc2)OCCCO[C@@H]2O[C@H](COC(C)=O)[C@H](OC(C)=O)[C@H](OC(C)=O)[C@H]2OC(C)=O)[C@H](OC(C)=O)[C@@H](OC(C)=O)[C@H]1OC(C)=O. The number of hydrogen-bond donors (Lipinski definition) is 14. The lowest BCUT2D eigenvalue weighted by Crippen LogP contribution is -2.63. The molecule has 0 bridgehead atoms. The summed E-state index contributed by atoms with van der Waals surface area (Å²) in [7, 11) is -4.59. The number of unbranched alkanes of at least 4 members (excludes halogenated alkanes) is 1. The molecule has 2 aliphatic heterocycles. The third kappa shape index (κ3) is 35.2. The van der Waals surface area contributed by atoms with E-state index in [2.05, 4.69) is 47.3 Å². The standard InChI is InChI=1S/C79H114N11O35P/c1-39(2)63(77(109)110)89-74(106)56(21-15-16-28-80)86-76(108)59(36-91)88-71(103)41(4)84-75(107)58(34-51-35-82-55-20-14-13-19-53(51)55)87-73(105)57(26-27-62(100)101)85-70(102)40(3)83-72(104)54(81)33-50-22-24-52(25-23-50)90-126(111,116-31-17-29-112-78-68(122-48(11)98)66(120-46(9)96)64(118-44(7)94)60(124-78)37-114-42(5)92)117-32-18-30-113-79-69(123-49(12)99)67(121-47(10)97)65(119-45(8)95)61(125-79)38-115-43(6)93/h13-14,19-20,22-25,35,39-41,54,56-61,63-69,78-79,82,91H,15-18,21,26-34,36-38,80-81H2,1-12H3,(H,83,104)(H,84,107)(H,85,102)(H,86,108)(H,87,105)(H,88,103)(H,89,106)(H,90,111)(H,100,101)(H,109,110)/t40-,41-,54-,56-,57-,58-,59-,60+,61+,63-,64-,65-,66-,67-,68+,69+,78+,79+/m0/s1. The van der Waals surface area contributed by atoms with Crippen LogP contribution in [0.4, 0.5) is 5.69 Å². The van der Waals surface area contributed by atoms with Crippen molar-refractivity contribution in [2.75, 3.05) is 57.9 Å². The number of nitrogens with two attached hydrogens (primary N) is 2. The molecule has 126 heavy (non-hydrogen) atoms. The van der Waals surface area contributed by atoms with Gasteiger partial charge >= 0.3 is 67.4 Å². The number of carbonyl (C=O) groups excluding carboxylic acids is 15. The number of aromatic nitrogens is 1. The number of hydrogen-bond acceptors (Lipinski definition) is 35. The van der Waals surface area contributed by atoms with Gasteiger partial charge in [0.15, 0.2) is 49.2 Å². The molecule has 5 rings (SSSR count). The number of rotatable bonds is 52. The molecule has 2 fully saturated rings. The number of aliphatic hydroxyl groups excluding tert-OH is 1. The van der Waals surface area contributed by atoms with Crippen LogP contribution < -0.4 is 53.8 Å². The van der Waals surface area contributed by atoms with Crippen molar-refractivity contribution in [3.05, 3.63) is 65.9 Å². The number of esters is 8. The lowest BCUT2D eigenvalue weighted by atomic mass is 9.98. The number of benzene rings is 2. The molecular weight excluding hydrogens is 1690 g/mol. The van der Waals surface area contributed by atoms with E-state index >= 15 is 0 Å². The third-order valence-electron chi connectivity index (χ3n) is 18.7. The number of nitrogens with one attached hydrogen (secondary N) is 9. The van der Waals surface area contributed by atoms with E-state index in [-0.39, 0.29) is 57.6 Å². The lowest BCUT2D eigenvalue weighted by molar-refractivity contribution is -0.308. The molecule has 0 aliphatic carbocycles. The number of aromatic amines is 1. The lowest BCUT2D eigenvalue weighted by Gasteiger charge is -2.44. The van der Waals surface area contributed by atoms with Gasteiger partial charge in [0, 0.05) is 91.0 Å². The zero-order valence-electron chi connectivity index (χ0n) is 71.7. The van der Waals surface area contributed by atoms with E-state index in [1.807, 2.05) is 0 Å². The minimum atomic E-state index is -4.59. The van der Waals surface area contributed by atoms with Gasteiger partial charge in [-0.3, -0.25) is 90.8 Å². The Kier molecular flexibility index (Phi) is 43.3. The molecule has 18 atom stereocenters. The van der Waals surface area contributed by atoms with Gasteiger partial charge < -0.3 is 126 Å². The molecule has 1 aromatic heterocycles. The molecule has 0 spiro atoms. The molecule has 3 aromatic rings. The molecule has 7 amide bonds. The first-order chi connectivity index (χ1) is 59.4. The largest absolute Gasteiger partial charge is 0.481 e. The van der Waals surface area contributed by atoms with Gasteiger partial charge in [0.05, 0.1) is 39.1 Å². The van der Waals surface area contributed by atoms with E-state index in [1.165, 1.54) is 38.1 Å². The number of amides is 7. The smallest absolute Gasteiger partial charge is 0.432 e. The maximum atomic E-state index is 14.9. The van der Waals surface area contributed by atoms with Gasteiger partial charge in [-0.05, 0) is 101 Å². The van der Waals surface area contributed by atoms with Crippen LogP contribution in [0.3, 0.4) is 0 Å². The predicted molar refractivity (Wildman–Crippen MR) is 433 cm³/mol. The molecule has 2 saturated heterocycles. The third-order valence-corrected chi connectivity index (χ3v) is 20.3. The van der Waals surface area contributed by atoms with Gasteiger partial charge in [0.1, 0.15) is 67.7 Å². The number of H-pyrrole nitrogens is 1. The average molecular weight is 1810 g/mol. The van der Waals surface area contributed by atoms with Crippen molar-refractivity contribution < 1.29 is 167 Å². The Hall–Kier alpha value is -11.4. The van der Waals surface area contributed by atoms with Crippen molar-refractivity contribution in [1.82, 2.24) is 42.2 Å². The van der Waals surface area contributed by atoms with Gasteiger partial charge in [0.25, 0.3) is 0 Å². The average Bonchev–Trinajstić information content (AvgIpc) is 0.982. The summed E-state index contributed by atoms with van der Waals surface area (Å²) in [6.07, 6.45) is -15.2. The van der Waals surface area contributed by atoms with Crippen molar-refractivity contribution in [3.63, 3.8) is 0 Å². The van der Waals surface area contributed by atoms with Crippen LogP contribution in [0.15, 0.2) is 54.7 Å². The maximum Gasteiger partial charge on any atom is 0.432 e. The van der Waals surface area contributed by atoms with Crippen LogP contribution in [0.2, 0.25) is 0 Å². The van der Waals surface area contributed by atoms with Crippen molar-refractivity contribution >= 4 is 125 Å². The van der Waals surface area contributed by atoms with Crippen LogP contribution in [0.5, 0.6) is 0 Å². The van der Waals surface area contributed by atoms with Crippen molar-refractivity contribution in [1.29, 1.82) is 0 Å². The van der Waals surface area contributed by atoms with Crippen LogP contribution in [0.25, 0.3) is 10.9 Å². The molecule has 2 aliphatic rings. The quantitative estimate of drug-likeness (QED) is 0.0139. The summed E-state index contributed by atoms with van der Waals surface area (Å²) in [5.41, 5.74) is 13.6. The van der Waals surface area contributed by atoms with Crippen molar-refractivity contribution in [3.8, 4) is 0 Å². The molecule has 3 heterocycles. The second-order valence-corrected chi connectivity index (χ2v) is 31.3. The van der Waals surface area contributed by atoms with Crippen LogP contribution in [0, 0.1) is 5.92 Å². The number of para-hydroxylation sites is 1. The van der Waals surface area contributed by atoms with Crippen molar-refractivity contribution in [2.45, 2.75) is 251 Å². The van der Waals surface area contributed by atoms with E-state index < -0.39 is 270 Å². The van der Waals surface area contributed by atoms with Gasteiger partial charge in [-0.25, -0.2) is 9.36 Å². The van der Waals surface area contributed by atoms with E-state index in [0.717, 1.165) is 55.4 Å². The topological polar surface area (TPSA) is 661 Å². The van der Waals surface area contributed by atoms with E-state index in [9.17, 15) is 101 Å². The Labute approximate surface area is 723 Å². The monoisotopic (exact) mass is 1810 g/mol. The van der Waals surface area contributed by atoms with Gasteiger partial charge in [-0.15, -0.1) is 0 Å². The summed E-state index contributed by atoms with van der Waals surface area (Å²) in [5.74, 6) is -17.2. The van der Waals surface area contributed by atoms with Crippen molar-refractivity contribution in [2.24, 2.45) is 17.4 Å². The first-order valence-electron chi connectivity index (χ1n) is 40.2. The molecule has 16 N–H and O–H groups in total. The maximum absolute atomic E-state index is 14.9. The molecule has 0 saturated carbocycles. The normalized spacial score (nSPS) is 20.8. The highest BCUT2D eigenvalue weighted by Crippen LogP contribution is 2.48. The number of carboxylic acids is 2. The fourth-order valence-electron chi connectivity index (χ4n) is 12.7. The molecule has 0 unspecified atom stereocenters.